The predicted molar refractivity (Wildman–Crippen MR) is 154 cm³/mol. The van der Waals surface area contributed by atoms with Crippen molar-refractivity contribution in [2.24, 2.45) is 0 Å². The van der Waals surface area contributed by atoms with Crippen LogP contribution in [0.1, 0.15) is 36.7 Å². The highest BCUT2D eigenvalue weighted by Crippen LogP contribution is 2.34. The summed E-state index contributed by atoms with van der Waals surface area (Å²) in [4.78, 5) is 29.4. The van der Waals surface area contributed by atoms with Gasteiger partial charge in [-0.25, -0.2) is 4.79 Å². The highest BCUT2D eigenvalue weighted by atomic mass is 35.5. The summed E-state index contributed by atoms with van der Waals surface area (Å²) in [6.45, 7) is 9.28. The van der Waals surface area contributed by atoms with Crippen LogP contribution < -0.4 is 5.32 Å². The molecule has 1 aromatic heterocycles. The summed E-state index contributed by atoms with van der Waals surface area (Å²) < 4.78 is 11.7. The number of anilines is 1. The molecule has 39 heavy (non-hydrogen) atoms. The van der Waals surface area contributed by atoms with E-state index in [1.54, 1.807) is 29.2 Å². The summed E-state index contributed by atoms with van der Waals surface area (Å²) >= 11 is 6.22. The maximum Gasteiger partial charge on any atom is 0.410 e. The summed E-state index contributed by atoms with van der Waals surface area (Å²) in [5.41, 5.74) is 3.29. The van der Waals surface area contributed by atoms with Gasteiger partial charge in [-0.3, -0.25) is 9.69 Å². The van der Waals surface area contributed by atoms with Crippen molar-refractivity contribution in [3.63, 3.8) is 0 Å². The number of rotatable bonds is 5. The largest absolute Gasteiger partial charge is 0.456 e. The molecular formula is C31H32ClN3O4. The van der Waals surface area contributed by atoms with Crippen molar-refractivity contribution in [2.75, 3.05) is 31.5 Å². The highest BCUT2D eigenvalue weighted by Gasteiger charge is 2.26. The van der Waals surface area contributed by atoms with E-state index in [1.807, 2.05) is 57.2 Å². The Kier molecular flexibility index (Phi) is 7.64. The molecule has 7 nitrogen and oxygen atoms in total. The van der Waals surface area contributed by atoms with Crippen molar-refractivity contribution in [1.29, 1.82) is 0 Å². The fourth-order valence-corrected chi connectivity index (χ4v) is 4.86. The molecule has 8 heteroatoms. The molecule has 1 aliphatic heterocycles. The van der Waals surface area contributed by atoms with Gasteiger partial charge in [-0.1, -0.05) is 41.9 Å². The lowest BCUT2D eigenvalue weighted by molar-refractivity contribution is 0.0139. The van der Waals surface area contributed by atoms with Crippen LogP contribution in [0.2, 0.25) is 5.02 Å². The summed E-state index contributed by atoms with van der Waals surface area (Å²) in [7, 11) is 0. The maximum absolute atomic E-state index is 12.9. The van der Waals surface area contributed by atoms with Gasteiger partial charge in [0.15, 0.2) is 0 Å². The lowest BCUT2D eigenvalue weighted by atomic mass is 10.1. The van der Waals surface area contributed by atoms with Gasteiger partial charge in [0.2, 0.25) is 0 Å². The number of ether oxygens (including phenoxy) is 1. The van der Waals surface area contributed by atoms with Gasteiger partial charge in [-0.2, -0.15) is 0 Å². The predicted octanol–water partition coefficient (Wildman–Crippen LogP) is 7.06. The molecule has 202 valence electrons. The Morgan fingerprint density at radius 1 is 0.949 bits per heavy atom. The van der Waals surface area contributed by atoms with Gasteiger partial charge in [0, 0.05) is 43.7 Å². The van der Waals surface area contributed by atoms with Crippen molar-refractivity contribution in [2.45, 2.75) is 32.9 Å². The van der Waals surface area contributed by atoms with Crippen LogP contribution in [0.5, 0.6) is 0 Å². The van der Waals surface area contributed by atoms with E-state index >= 15 is 0 Å². The number of piperazine rings is 1. The molecule has 4 aromatic rings. The molecule has 5 rings (SSSR count). The van der Waals surface area contributed by atoms with Crippen LogP contribution in [0.15, 0.2) is 77.2 Å². The lowest BCUT2D eigenvalue weighted by Crippen LogP contribution is -2.49. The molecule has 1 fully saturated rings. The molecule has 1 N–H and O–H groups in total. The van der Waals surface area contributed by atoms with Crippen LogP contribution in [0, 0.1) is 0 Å². The first-order chi connectivity index (χ1) is 18.7. The minimum atomic E-state index is -0.491. The van der Waals surface area contributed by atoms with E-state index < -0.39 is 5.60 Å². The van der Waals surface area contributed by atoms with Gasteiger partial charge in [0.25, 0.3) is 5.91 Å². The number of para-hydroxylation sites is 1. The monoisotopic (exact) mass is 545 g/mol. The lowest BCUT2D eigenvalue weighted by Gasteiger charge is -2.35. The molecule has 0 saturated carbocycles. The molecule has 0 aliphatic carbocycles. The number of hydrogen-bond acceptors (Lipinski definition) is 5. The first-order valence-electron chi connectivity index (χ1n) is 13.0. The van der Waals surface area contributed by atoms with Gasteiger partial charge in [0.1, 0.15) is 16.9 Å². The fourth-order valence-electron chi connectivity index (χ4n) is 4.64. The van der Waals surface area contributed by atoms with E-state index in [0.717, 1.165) is 36.2 Å². The van der Waals surface area contributed by atoms with Gasteiger partial charge in [-0.05, 0) is 68.8 Å². The average Bonchev–Trinajstić information content (AvgIpc) is 3.32. The van der Waals surface area contributed by atoms with Gasteiger partial charge in [0.05, 0.1) is 16.3 Å². The number of carbonyl (C=O) groups excluding carboxylic acids is 2. The normalized spacial score (nSPS) is 14.4. The standard InChI is InChI=1S/C31H32ClN3O4/c1-31(2,3)39-30(37)35-16-14-34(15-17-35)20-21-12-13-27-22(18-21)19-28(38-27)24-9-5-7-11-26(24)33-29(36)23-8-4-6-10-25(23)32/h4-13,18-19H,14-17,20H2,1-3H3,(H,33,36). The van der Waals surface area contributed by atoms with E-state index in [0.29, 0.717) is 35.1 Å². The van der Waals surface area contributed by atoms with Crippen molar-refractivity contribution < 1.29 is 18.7 Å². The molecule has 1 aliphatic rings. The zero-order valence-electron chi connectivity index (χ0n) is 22.4. The number of furan rings is 1. The number of nitrogens with zero attached hydrogens (tertiary/aromatic N) is 2. The van der Waals surface area contributed by atoms with E-state index in [9.17, 15) is 9.59 Å². The molecule has 0 atom stereocenters. The smallest absolute Gasteiger partial charge is 0.410 e. The Bertz CT molecular complexity index is 1500. The van der Waals surface area contributed by atoms with Crippen molar-refractivity contribution in [3.05, 3.63) is 88.9 Å². The molecule has 2 heterocycles. The van der Waals surface area contributed by atoms with E-state index in [4.69, 9.17) is 20.8 Å². The quantitative estimate of drug-likeness (QED) is 0.290. The van der Waals surface area contributed by atoms with Crippen molar-refractivity contribution >= 4 is 40.3 Å². The van der Waals surface area contributed by atoms with Gasteiger partial charge in [-0.15, -0.1) is 0 Å². The SMILES string of the molecule is CC(C)(C)OC(=O)N1CCN(Cc2ccc3oc(-c4ccccc4NC(=O)c4ccccc4Cl)cc3c2)CC1. The summed E-state index contributed by atoms with van der Waals surface area (Å²) in [6.07, 6.45) is -0.252. The molecule has 0 radical (unpaired) electrons. The van der Waals surface area contributed by atoms with Crippen LogP contribution in [0.25, 0.3) is 22.3 Å². The topological polar surface area (TPSA) is 75.0 Å². The first-order valence-corrected chi connectivity index (χ1v) is 13.4. The van der Waals surface area contributed by atoms with Gasteiger partial charge >= 0.3 is 6.09 Å². The zero-order chi connectivity index (χ0) is 27.6. The second-order valence-electron chi connectivity index (χ2n) is 10.7. The third-order valence-corrected chi connectivity index (χ3v) is 6.90. The Morgan fingerprint density at radius 3 is 2.41 bits per heavy atom. The number of halogens is 1. The molecule has 3 aromatic carbocycles. The molecular weight excluding hydrogens is 514 g/mol. The molecule has 2 amide bonds. The third-order valence-electron chi connectivity index (χ3n) is 6.57. The molecule has 0 unspecified atom stereocenters. The molecule has 0 bridgehead atoms. The van der Waals surface area contributed by atoms with E-state index in [1.165, 1.54) is 5.56 Å². The Balaban J connectivity index is 1.28. The average molecular weight is 546 g/mol. The second kappa shape index (κ2) is 11.1. The van der Waals surface area contributed by atoms with Crippen LogP contribution in [0.4, 0.5) is 10.5 Å². The second-order valence-corrected chi connectivity index (χ2v) is 11.1. The Labute approximate surface area is 233 Å². The number of fused-ring (bicyclic) bond motifs is 1. The van der Waals surface area contributed by atoms with Crippen LogP contribution in [-0.2, 0) is 11.3 Å². The number of nitrogens with one attached hydrogen (secondary N) is 1. The maximum atomic E-state index is 12.9. The number of benzene rings is 3. The van der Waals surface area contributed by atoms with Crippen molar-refractivity contribution in [1.82, 2.24) is 9.80 Å². The van der Waals surface area contributed by atoms with E-state index in [2.05, 4.69) is 22.3 Å². The van der Waals surface area contributed by atoms with E-state index in [-0.39, 0.29) is 12.0 Å². The molecule has 0 spiro atoms. The number of carbonyl (C=O) groups is 2. The summed E-state index contributed by atoms with van der Waals surface area (Å²) in [5.74, 6) is 0.390. The Hall–Kier alpha value is -3.81. The van der Waals surface area contributed by atoms with Crippen LogP contribution in [0.3, 0.4) is 0 Å². The minimum absolute atomic E-state index is 0.252. The van der Waals surface area contributed by atoms with Crippen molar-refractivity contribution in [3.8, 4) is 11.3 Å². The van der Waals surface area contributed by atoms with Gasteiger partial charge < -0.3 is 19.4 Å². The van der Waals surface area contributed by atoms with Crippen LogP contribution >= 0.6 is 11.6 Å². The Morgan fingerprint density at radius 2 is 1.67 bits per heavy atom. The third kappa shape index (κ3) is 6.44. The molecule has 1 saturated heterocycles. The van der Waals surface area contributed by atoms with Crippen LogP contribution in [-0.4, -0.2) is 53.6 Å². The number of hydrogen-bond donors (Lipinski definition) is 1. The number of amides is 2. The first kappa shape index (κ1) is 26.8. The summed E-state index contributed by atoms with van der Waals surface area (Å²) in [5, 5.41) is 4.36. The highest BCUT2D eigenvalue weighted by molar-refractivity contribution is 6.34. The fraction of sp³-hybridized carbons (Fsp3) is 0.290. The summed E-state index contributed by atoms with van der Waals surface area (Å²) in [6, 6.07) is 22.7. The minimum Gasteiger partial charge on any atom is -0.456 e. The zero-order valence-corrected chi connectivity index (χ0v) is 23.1.